The summed E-state index contributed by atoms with van der Waals surface area (Å²) in [4.78, 5) is 4.66. The Balaban J connectivity index is 2.20. The molecule has 0 aliphatic carbocycles. The number of halogens is 3. The van der Waals surface area contributed by atoms with Crippen LogP contribution < -0.4 is 4.74 Å². The molecule has 1 atom stereocenters. The first-order valence-electron chi connectivity index (χ1n) is 13.4. The SMILES string of the molecule is CC/C=C\CCCOc1ccc(CCC2(COP(=O)(C(C)(C)C)C(C)(C)C)COC(C)=N2)cc1C(F)(F)F. The van der Waals surface area contributed by atoms with E-state index in [9.17, 15) is 17.7 Å². The van der Waals surface area contributed by atoms with E-state index >= 15 is 0 Å². The van der Waals surface area contributed by atoms with Crippen LogP contribution in [0.3, 0.4) is 0 Å². The third kappa shape index (κ3) is 8.35. The van der Waals surface area contributed by atoms with Crippen LogP contribution in [0.4, 0.5) is 13.2 Å². The highest BCUT2D eigenvalue weighted by Gasteiger charge is 2.50. The van der Waals surface area contributed by atoms with E-state index in [2.05, 4.69) is 4.99 Å². The summed E-state index contributed by atoms with van der Waals surface area (Å²) >= 11 is 0. The van der Waals surface area contributed by atoms with Crippen molar-refractivity contribution in [2.45, 2.75) is 110 Å². The standard InChI is InChI=1S/C29H45F3NO4P/c1-9-10-11-12-13-18-35-25-15-14-23(19-24(25)29(30,31)32)16-17-28(20-36-22(2)33-28)21-37-38(34,26(3,4)5)27(6,7)8/h10-11,14-15,19H,9,12-13,16-18,20-21H2,1-8H3/b11-10-. The van der Waals surface area contributed by atoms with Gasteiger partial charge in [-0.15, -0.1) is 0 Å². The van der Waals surface area contributed by atoms with E-state index in [0.29, 0.717) is 30.7 Å². The maximum Gasteiger partial charge on any atom is 0.419 e. The third-order valence-corrected chi connectivity index (χ3v) is 10.7. The first kappa shape index (κ1) is 32.4. The number of hydrogen-bond donors (Lipinski definition) is 0. The topological polar surface area (TPSA) is 57.1 Å². The maximum absolute atomic E-state index is 14.0. The summed E-state index contributed by atoms with van der Waals surface area (Å²) in [7, 11) is -3.15. The molecule has 1 aromatic rings. The molecule has 1 unspecified atom stereocenters. The number of allylic oxidation sites excluding steroid dienone is 2. The molecule has 0 fully saturated rings. The van der Waals surface area contributed by atoms with Crippen LogP contribution in [-0.4, -0.2) is 41.6 Å². The summed E-state index contributed by atoms with van der Waals surface area (Å²) < 4.78 is 73.0. The van der Waals surface area contributed by atoms with Crippen LogP contribution in [0.15, 0.2) is 35.3 Å². The van der Waals surface area contributed by atoms with Crippen molar-refractivity contribution in [3.63, 3.8) is 0 Å². The minimum Gasteiger partial charge on any atom is -0.493 e. The molecular weight excluding hydrogens is 514 g/mol. The fraction of sp³-hybridized carbons (Fsp3) is 0.690. The molecule has 5 nitrogen and oxygen atoms in total. The van der Waals surface area contributed by atoms with Gasteiger partial charge < -0.3 is 14.0 Å². The Kier molecular flexibility index (Phi) is 10.7. The van der Waals surface area contributed by atoms with Gasteiger partial charge >= 0.3 is 6.18 Å². The molecule has 1 aliphatic rings. The molecule has 216 valence electrons. The number of aliphatic imine (C=N–C) groups is 1. The van der Waals surface area contributed by atoms with Gasteiger partial charge in [0.05, 0.1) is 18.8 Å². The Labute approximate surface area is 226 Å². The van der Waals surface area contributed by atoms with E-state index in [1.165, 1.54) is 6.07 Å². The molecule has 0 radical (unpaired) electrons. The van der Waals surface area contributed by atoms with Crippen LogP contribution in [0.2, 0.25) is 0 Å². The number of alkyl halides is 3. The lowest BCUT2D eigenvalue weighted by atomic mass is 9.93. The highest BCUT2D eigenvalue weighted by Crippen LogP contribution is 2.67. The first-order valence-corrected chi connectivity index (χ1v) is 15.0. The number of rotatable bonds is 12. The summed E-state index contributed by atoms with van der Waals surface area (Å²) in [5, 5.41) is -1.18. The van der Waals surface area contributed by atoms with Gasteiger partial charge in [0.2, 0.25) is 7.37 Å². The molecule has 1 aromatic carbocycles. The van der Waals surface area contributed by atoms with Gasteiger partial charge in [-0.1, -0.05) is 66.7 Å². The molecule has 0 saturated carbocycles. The Hall–Kier alpha value is -1.79. The van der Waals surface area contributed by atoms with Crippen LogP contribution >= 0.6 is 7.37 Å². The van der Waals surface area contributed by atoms with Crippen LogP contribution in [0.25, 0.3) is 0 Å². The predicted octanol–water partition coefficient (Wildman–Crippen LogP) is 8.84. The number of aryl methyl sites for hydroxylation is 1. The fourth-order valence-electron chi connectivity index (χ4n) is 4.64. The van der Waals surface area contributed by atoms with E-state index in [-0.39, 0.29) is 25.6 Å². The largest absolute Gasteiger partial charge is 0.493 e. The van der Waals surface area contributed by atoms with Crippen LogP contribution in [0.1, 0.15) is 92.2 Å². The second kappa shape index (κ2) is 12.6. The van der Waals surface area contributed by atoms with Crippen molar-refractivity contribution in [3.8, 4) is 5.75 Å². The molecule has 0 aromatic heterocycles. The number of benzene rings is 1. The van der Waals surface area contributed by atoms with Crippen LogP contribution in [0, 0.1) is 0 Å². The number of nitrogens with zero attached hydrogens (tertiary/aromatic N) is 1. The van der Waals surface area contributed by atoms with Crippen LogP contribution in [0.5, 0.6) is 5.75 Å². The van der Waals surface area contributed by atoms with E-state index < -0.39 is 35.0 Å². The fourth-order valence-corrected chi connectivity index (χ4v) is 7.85. The molecule has 38 heavy (non-hydrogen) atoms. The van der Waals surface area contributed by atoms with Gasteiger partial charge in [0.25, 0.3) is 0 Å². The lowest BCUT2D eigenvalue weighted by Gasteiger charge is -2.41. The zero-order chi connectivity index (χ0) is 28.8. The van der Waals surface area contributed by atoms with Crippen molar-refractivity contribution >= 4 is 13.3 Å². The van der Waals surface area contributed by atoms with Gasteiger partial charge in [-0.2, -0.15) is 13.2 Å². The maximum atomic E-state index is 14.0. The minimum atomic E-state index is -4.54. The second-order valence-electron chi connectivity index (χ2n) is 12.0. The Morgan fingerprint density at radius 3 is 2.29 bits per heavy atom. The third-order valence-electron chi connectivity index (χ3n) is 6.63. The molecule has 1 aliphatic heterocycles. The average molecular weight is 560 g/mol. The minimum absolute atomic E-state index is 0.0654. The quantitative estimate of drug-likeness (QED) is 0.146. The van der Waals surface area contributed by atoms with Crippen molar-refractivity contribution in [2.24, 2.45) is 4.99 Å². The highest BCUT2D eigenvalue weighted by molar-refractivity contribution is 7.62. The van der Waals surface area contributed by atoms with Crippen molar-refractivity contribution in [1.82, 2.24) is 0 Å². The molecule has 0 N–H and O–H groups in total. The van der Waals surface area contributed by atoms with Gasteiger partial charge in [-0.05, 0) is 49.8 Å². The smallest absolute Gasteiger partial charge is 0.419 e. The van der Waals surface area contributed by atoms with E-state index in [4.69, 9.17) is 14.0 Å². The summed E-state index contributed by atoms with van der Waals surface area (Å²) in [5.41, 5.74) is -1.09. The molecule has 0 bridgehead atoms. The first-order chi connectivity index (χ1) is 17.4. The zero-order valence-corrected chi connectivity index (χ0v) is 25.1. The van der Waals surface area contributed by atoms with E-state index in [0.717, 1.165) is 18.9 Å². The summed E-state index contributed by atoms with van der Waals surface area (Å²) in [6.07, 6.45) is 2.54. The molecule has 0 saturated heterocycles. The van der Waals surface area contributed by atoms with Crippen LogP contribution in [-0.2, 0) is 26.4 Å². The summed E-state index contributed by atoms with van der Waals surface area (Å²) in [6.45, 7) is 15.7. The van der Waals surface area contributed by atoms with E-state index in [1.54, 1.807) is 13.0 Å². The Morgan fingerprint density at radius 1 is 1.11 bits per heavy atom. The van der Waals surface area contributed by atoms with Gasteiger partial charge in [0, 0.05) is 17.2 Å². The average Bonchev–Trinajstić information content (AvgIpc) is 3.17. The normalized spacial score (nSPS) is 19.1. The second-order valence-corrected chi connectivity index (χ2v) is 16.1. The van der Waals surface area contributed by atoms with Gasteiger partial charge in [-0.3, -0.25) is 4.57 Å². The van der Waals surface area contributed by atoms with Gasteiger partial charge in [0.1, 0.15) is 17.9 Å². The molecule has 1 heterocycles. The zero-order valence-electron chi connectivity index (χ0n) is 24.2. The Morgan fingerprint density at radius 2 is 1.76 bits per heavy atom. The lowest BCUT2D eigenvalue weighted by Crippen LogP contribution is -2.38. The summed E-state index contributed by atoms with van der Waals surface area (Å²) in [5.74, 6) is 0.330. The highest BCUT2D eigenvalue weighted by atomic mass is 31.2. The molecular formula is C29H45F3NO4P. The monoisotopic (exact) mass is 559 g/mol. The van der Waals surface area contributed by atoms with Crippen molar-refractivity contribution in [2.75, 3.05) is 19.8 Å². The predicted molar refractivity (Wildman–Crippen MR) is 149 cm³/mol. The number of unbranched alkanes of at least 4 members (excludes halogenated alkanes) is 1. The molecule has 9 heteroatoms. The van der Waals surface area contributed by atoms with Gasteiger partial charge in [-0.25, -0.2) is 4.99 Å². The number of ether oxygens (including phenoxy) is 2. The summed E-state index contributed by atoms with van der Waals surface area (Å²) in [6, 6.07) is 4.22. The molecule has 2 rings (SSSR count). The lowest BCUT2D eigenvalue weighted by molar-refractivity contribution is -0.139. The molecule has 0 spiro atoms. The number of hydrogen-bond acceptors (Lipinski definition) is 5. The van der Waals surface area contributed by atoms with Crippen molar-refractivity contribution in [3.05, 3.63) is 41.5 Å². The Bertz CT molecular complexity index is 1020. The van der Waals surface area contributed by atoms with Crippen molar-refractivity contribution in [1.29, 1.82) is 0 Å². The van der Waals surface area contributed by atoms with Crippen molar-refractivity contribution < 1.29 is 31.7 Å². The van der Waals surface area contributed by atoms with E-state index in [1.807, 2.05) is 60.6 Å². The molecule has 0 amide bonds. The van der Waals surface area contributed by atoms with Gasteiger partial charge in [0.15, 0.2) is 5.90 Å².